The van der Waals surface area contributed by atoms with Crippen LogP contribution in [0.2, 0.25) is 0 Å². The van der Waals surface area contributed by atoms with Gasteiger partial charge in [0.05, 0.1) is 6.54 Å². The van der Waals surface area contributed by atoms with Gasteiger partial charge in [-0.05, 0) is 24.1 Å². The van der Waals surface area contributed by atoms with E-state index in [2.05, 4.69) is 18.5 Å². The fraction of sp³-hybridized carbons (Fsp3) is 0.333. The molecule has 0 aliphatic carbocycles. The van der Waals surface area contributed by atoms with E-state index in [0.717, 1.165) is 17.2 Å². The molecule has 1 rings (SSSR count). The van der Waals surface area contributed by atoms with Gasteiger partial charge in [0.25, 0.3) is 0 Å². The molecule has 0 bridgehead atoms. The Morgan fingerprint density at radius 1 is 1.26 bits per heavy atom. The standard InChI is InChI=1S/C18H23NO4/c1-6-15(20)18(23,11-19-16(21)22)17(4,5)14-9-7-13(8-10-14)12(2)3/h6-10,19,23H,1-2,11H2,3-5H3,(H,21,22). The Morgan fingerprint density at radius 3 is 2.17 bits per heavy atom. The summed E-state index contributed by atoms with van der Waals surface area (Å²) < 4.78 is 0. The Hall–Kier alpha value is -2.40. The van der Waals surface area contributed by atoms with Crippen LogP contribution < -0.4 is 5.32 Å². The van der Waals surface area contributed by atoms with Gasteiger partial charge in [0.2, 0.25) is 0 Å². The van der Waals surface area contributed by atoms with Crippen molar-refractivity contribution in [3.05, 3.63) is 54.6 Å². The zero-order chi connectivity index (χ0) is 17.8. The van der Waals surface area contributed by atoms with E-state index >= 15 is 0 Å². The summed E-state index contributed by atoms with van der Waals surface area (Å²) in [5.41, 5.74) is -0.426. The first-order valence-electron chi connectivity index (χ1n) is 7.18. The van der Waals surface area contributed by atoms with E-state index < -0.39 is 29.4 Å². The van der Waals surface area contributed by atoms with Gasteiger partial charge in [0.15, 0.2) is 11.4 Å². The number of rotatable bonds is 7. The maximum atomic E-state index is 12.2. The molecule has 1 atom stereocenters. The molecular weight excluding hydrogens is 294 g/mol. The average molecular weight is 317 g/mol. The highest BCUT2D eigenvalue weighted by molar-refractivity contribution is 5.98. The number of hydrogen-bond donors (Lipinski definition) is 3. The van der Waals surface area contributed by atoms with Crippen molar-refractivity contribution >= 4 is 17.4 Å². The lowest BCUT2D eigenvalue weighted by atomic mass is 9.67. The number of carbonyl (C=O) groups is 2. The molecule has 0 saturated carbocycles. The summed E-state index contributed by atoms with van der Waals surface area (Å²) >= 11 is 0. The van der Waals surface area contributed by atoms with Gasteiger partial charge < -0.3 is 15.5 Å². The van der Waals surface area contributed by atoms with Gasteiger partial charge in [-0.2, -0.15) is 0 Å². The van der Waals surface area contributed by atoms with Crippen molar-refractivity contribution in [2.24, 2.45) is 0 Å². The van der Waals surface area contributed by atoms with E-state index in [1.807, 2.05) is 19.1 Å². The summed E-state index contributed by atoms with van der Waals surface area (Å²) in [6.45, 7) is 12.1. The molecule has 5 heteroatoms. The molecule has 1 amide bonds. The molecule has 23 heavy (non-hydrogen) atoms. The van der Waals surface area contributed by atoms with Gasteiger partial charge in [-0.25, -0.2) is 4.79 Å². The molecule has 1 aromatic carbocycles. The van der Waals surface area contributed by atoms with Gasteiger partial charge in [-0.1, -0.05) is 56.8 Å². The topological polar surface area (TPSA) is 86.6 Å². The molecule has 124 valence electrons. The molecule has 0 radical (unpaired) electrons. The number of allylic oxidation sites excluding steroid dienone is 1. The number of hydrogen-bond acceptors (Lipinski definition) is 3. The monoisotopic (exact) mass is 317 g/mol. The zero-order valence-electron chi connectivity index (χ0n) is 13.7. The number of aliphatic hydroxyl groups is 1. The minimum atomic E-state index is -1.95. The van der Waals surface area contributed by atoms with Crippen molar-refractivity contribution in [3.63, 3.8) is 0 Å². The van der Waals surface area contributed by atoms with Crippen LogP contribution in [0.15, 0.2) is 43.5 Å². The summed E-state index contributed by atoms with van der Waals surface area (Å²) in [5.74, 6) is -0.639. The Morgan fingerprint density at radius 2 is 1.78 bits per heavy atom. The number of benzene rings is 1. The predicted molar refractivity (Wildman–Crippen MR) is 90.4 cm³/mol. The van der Waals surface area contributed by atoms with E-state index in [4.69, 9.17) is 5.11 Å². The minimum absolute atomic E-state index is 0.428. The largest absolute Gasteiger partial charge is 0.465 e. The molecule has 0 aliphatic heterocycles. The molecule has 1 unspecified atom stereocenters. The van der Waals surface area contributed by atoms with Crippen LogP contribution in [0, 0.1) is 0 Å². The van der Waals surface area contributed by atoms with Gasteiger partial charge in [-0.3, -0.25) is 4.79 Å². The van der Waals surface area contributed by atoms with Crippen LogP contribution in [0.1, 0.15) is 31.9 Å². The molecule has 0 spiro atoms. The molecule has 3 N–H and O–H groups in total. The van der Waals surface area contributed by atoms with Crippen molar-refractivity contribution in [1.29, 1.82) is 0 Å². The SMILES string of the molecule is C=CC(=O)C(O)(CNC(=O)O)C(C)(C)c1ccc(C(=C)C)cc1. The Kier molecular flexibility index (Phi) is 5.51. The van der Waals surface area contributed by atoms with Gasteiger partial charge in [0.1, 0.15) is 0 Å². The van der Waals surface area contributed by atoms with Crippen LogP contribution in [0.3, 0.4) is 0 Å². The molecule has 0 fully saturated rings. The third kappa shape index (κ3) is 3.68. The van der Waals surface area contributed by atoms with Crippen molar-refractivity contribution in [3.8, 4) is 0 Å². The van der Waals surface area contributed by atoms with Gasteiger partial charge in [-0.15, -0.1) is 0 Å². The summed E-state index contributed by atoms with van der Waals surface area (Å²) in [5, 5.41) is 21.8. The highest BCUT2D eigenvalue weighted by atomic mass is 16.4. The molecule has 0 aliphatic rings. The van der Waals surface area contributed by atoms with Crippen molar-refractivity contribution < 1.29 is 19.8 Å². The fourth-order valence-electron chi connectivity index (χ4n) is 2.40. The molecule has 1 aromatic rings. The van der Waals surface area contributed by atoms with E-state index in [-0.39, 0.29) is 0 Å². The summed E-state index contributed by atoms with van der Waals surface area (Å²) in [6, 6.07) is 7.30. The lowest BCUT2D eigenvalue weighted by molar-refractivity contribution is -0.138. The van der Waals surface area contributed by atoms with E-state index in [1.165, 1.54) is 0 Å². The first-order valence-corrected chi connectivity index (χ1v) is 7.18. The van der Waals surface area contributed by atoms with E-state index in [9.17, 15) is 14.7 Å². The fourth-order valence-corrected chi connectivity index (χ4v) is 2.40. The lowest BCUT2D eigenvalue weighted by Gasteiger charge is -2.41. The van der Waals surface area contributed by atoms with Crippen LogP contribution in [0.5, 0.6) is 0 Å². The maximum absolute atomic E-state index is 12.2. The second-order valence-electron chi connectivity index (χ2n) is 6.07. The van der Waals surface area contributed by atoms with Gasteiger partial charge >= 0.3 is 6.09 Å². The average Bonchev–Trinajstić information content (AvgIpc) is 2.51. The zero-order valence-corrected chi connectivity index (χ0v) is 13.7. The molecule has 0 heterocycles. The van der Waals surface area contributed by atoms with Crippen LogP contribution in [0.25, 0.3) is 5.57 Å². The van der Waals surface area contributed by atoms with Crippen LogP contribution in [-0.4, -0.2) is 34.2 Å². The van der Waals surface area contributed by atoms with Crippen molar-refractivity contribution in [2.45, 2.75) is 31.8 Å². The smallest absolute Gasteiger partial charge is 0.404 e. The van der Waals surface area contributed by atoms with Crippen LogP contribution >= 0.6 is 0 Å². The maximum Gasteiger partial charge on any atom is 0.404 e. The number of nitrogens with one attached hydrogen (secondary N) is 1. The molecule has 0 saturated heterocycles. The Balaban J connectivity index is 3.30. The number of ketones is 1. The lowest BCUT2D eigenvalue weighted by Crippen LogP contribution is -2.59. The van der Waals surface area contributed by atoms with E-state index in [0.29, 0.717) is 5.56 Å². The highest BCUT2D eigenvalue weighted by Gasteiger charge is 2.49. The third-order valence-electron chi connectivity index (χ3n) is 4.22. The van der Waals surface area contributed by atoms with Crippen molar-refractivity contribution in [2.75, 3.05) is 6.54 Å². The number of amides is 1. The summed E-state index contributed by atoms with van der Waals surface area (Å²) in [4.78, 5) is 23.0. The summed E-state index contributed by atoms with van der Waals surface area (Å²) in [6.07, 6.45) is -0.304. The minimum Gasteiger partial charge on any atom is -0.465 e. The third-order valence-corrected chi connectivity index (χ3v) is 4.22. The quantitative estimate of drug-likeness (QED) is 0.675. The second kappa shape index (κ2) is 6.79. The van der Waals surface area contributed by atoms with E-state index in [1.54, 1.807) is 26.0 Å². The second-order valence-corrected chi connectivity index (χ2v) is 6.07. The van der Waals surface area contributed by atoms with Gasteiger partial charge in [0, 0.05) is 5.41 Å². The Labute approximate surface area is 136 Å². The first kappa shape index (κ1) is 18.6. The Bertz CT molecular complexity index is 631. The van der Waals surface area contributed by atoms with Crippen molar-refractivity contribution in [1.82, 2.24) is 5.32 Å². The number of carboxylic acid groups (broad SMARTS) is 1. The molecule has 0 aromatic heterocycles. The predicted octanol–water partition coefficient (Wildman–Crippen LogP) is 2.75. The highest BCUT2D eigenvalue weighted by Crippen LogP contribution is 2.36. The molecule has 5 nitrogen and oxygen atoms in total. The van der Waals surface area contributed by atoms with Crippen LogP contribution in [0.4, 0.5) is 4.79 Å². The normalized spacial score (nSPS) is 13.7. The first-order chi connectivity index (χ1) is 10.6. The van der Waals surface area contributed by atoms with Crippen LogP contribution in [-0.2, 0) is 10.2 Å². The summed E-state index contributed by atoms with van der Waals surface area (Å²) in [7, 11) is 0. The number of carbonyl (C=O) groups excluding carboxylic acids is 1. The molecular formula is C18H23NO4.